The summed E-state index contributed by atoms with van der Waals surface area (Å²) >= 11 is 1.89. The Bertz CT molecular complexity index is 356. The molecule has 0 aliphatic carbocycles. The molecule has 0 radical (unpaired) electrons. The van der Waals surface area contributed by atoms with E-state index in [1.165, 1.54) is 5.57 Å². The summed E-state index contributed by atoms with van der Waals surface area (Å²) < 4.78 is 0. The van der Waals surface area contributed by atoms with Crippen molar-refractivity contribution in [3.63, 3.8) is 0 Å². The second kappa shape index (κ2) is 5.32. The summed E-state index contributed by atoms with van der Waals surface area (Å²) in [5.41, 5.74) is 2.47. The van der Waals surface area contributed by atoms with E-state index in [1.807, 2.05) is 16.7 Å². The molecule has 16 heavy (non-hydrogen) atoms. The lowest BCUT2D eigenvalue weighted by Gasteiger charge is -2.23. The van der Waals surface area contributed by atoms with Crippen molar-refractivity contribution in [2.45, 2.75) is 32.1 Å². The minimum absolute atomic E-state index is 0.250. The van der Waals surface area contributed by atoms with Gasteiger partial charge in [0.05, 0.1) is 0 Å². The predicted molar refractivity (Wildman–Crippen MR) is 60.8 cm³/mol. The highest BCUT2D eigenvalue weighted by Gasteiger charge is 2.38. The molecule has 0 fully saturated rings. The molecule has 1 amide bonds. The van der Waals surface area contributed by atoms with E-state index < -0.39 is 0 Å². The number of hydrogen-bond acceptors (Lipinski definition) is 4. The van der Waals surface area contributed by atoms with Gasteiger partial charge in [-0.15, -0.1) is 11.8 Å². The lowest BCUT2D eigenvalue weighted by atomic mass is 10.1. The fourth-order valence-electron chi connectivity index (χ4n) is 1.98. The topological polar surface area (TPSA) is 54.5 Å². The van der Waals surface area contributed by atoms with Gasteiger partial charge in [0.15, 0.2) is 0 Å². The standard InChI is InChI=1S/C10H15NOS.CO2/c1-6(2)11-4-8-5-13-7(3)9(8)10(11)12;2-1-3/h6-7H,4-5H2,1-3H3;. The lowest BCUT2D eigenvalue weighted by molar-refractivity contribution is -0.191. The molecule has 0 bridgehead atoms. The second-order valence-electron chi connectivity index (χ2n) is 4.08. The second-order valence-corrected chi connectivity index (χ2v) is 5.41. The Hall–Kier alpha value is -1.06. The van der Waals surface area contributed by atoms with E-state index in [1.54, 1.807) is 0 Å². The molecule has 0 saturated carbocycles. The van der Waals surface area contributed by atoms with Crippen molar-refractivity contribution < 1.29 is 14.4 Å². The Morgan fingerprint density at radius 1 is 1.44 bits per heavy atom. The Balaban J connectivity index is 0.000000386. The summed E-state index contributed by atoms with van der Waals surface area (Å²) in [6.45, 7) is 7.17. The van der Waals surface area contributed by atoms with Crippen LogP contribution in [-0.2, 0) is 14.4 Å². The zero-order chi connectivity index (χ0) is 12.3. The molecule has 0 aromatic heterocycles. The quantitative estimate of drug-likeness (QED) is 0.689. The fourth-order valence-corrected chi connectivity index (χ4v) is 3.11. The van der Waals surface area contributed by atoms with E-state index in [4.69, 9.17) is 9.59 Å². The number of hydrogen-bond donors (Lipinski definition) is 0. The Labute approximate surface area is 99.1 Å². The highest BCUT2D eigenvalue weighted by molar-refractivity contribution is 8.00. The van der Waals surface area contributed by atoms with Crippen LogP contribution in [0.3, 0.4) is 0 Å². The molecule has 2 aliphatic rings. The van der Waals surface area contributed by atoms with Gasteiger partial charge in [-0.05, 0) is 26.3 Å². The number of carbonyl (C=O) groups excluding carboxylic acids is 3. The Morgan fingerprint density at radius 3 is 2.44 bits per heavy atom. The maximum atomic E-state index is 11.9. The molecule has 4 nitrogen and oxygen atoms in total. The highest BCUT2D eigenvalue weighted by atomic mass is 32.2. The van der Waals surface area contributed by atoms with Gasteiger partial charge in [-0.25, -0.2) is 0 Å². The maximum Gasteiger partial charge on any atom is 0.373 e. The molecule has 2 rings (SSSR count). The molecule has 5 heteroatoms. The first-order chi connectivity index (χ1) is 7.52. The molecule has 0 aromatic carbocycles. The zero-order valence-corrected chi connectivity index (χ0v) is 10.5. The fraction of sp³-hybridized carbons (Fsp3) is 0.636. The third-order valence-electron chi connectivity index (χ3n) is 2.77. The third kappa shape index (κ3) is 2.36. The number of carbonyl (C=O) groups is 1. The van der Waals surface area contributed by atoms with Crippen molar-refractivity contribution in [3.05, 3.63) is 11.1 Å². The summed E-state index contributed by atoms with van der Waals surface area (Å²) in [7, 11) is 0. The average Bonchev–Trinajstić information content (AvgIpc) is 2.70. The van der Waals surface area contributed by atoms with Gasteiger partial charge >= 0.3 is 6.15 Å². The van der Waals surface area contributed by atoms with Gasteiger partial charge in [-0.3, -0.25) is 4.79 Å². The summed E-state index contributed by atoms with van der Waals surface area (Å²) in [6, 6.07) is 0.343. The average molecular weight is 241 g/mol. The third-order valence-corrected chi connectivity index (χ3v) is 4.02. The Morgan fingerprint density at radius 2 is 2.00 bits per heavy atom. The van der Waals surface area contributed by atoms with Gasteiger partial charge in [0, 0.05) is 29.2 Å². The molecule has 2 aliphatic heterocycles. The molecule has 1 atom stereocenters. The van der Waals surface area contributed by atoms with Crippen LogP contribution in [0.5, 0.6) is 0 Å². The SMILES string of the molecule is CC1SCC2=C1C(=O)N(C(C)C)C2.O=C=O. The van der Waals surface area contributed by atoms with Gasteiger partial charge in [0.25, 0.3) is 5.91 Å². The van der Waals surface area contributed by atoms with Gasteiger partial charge < -0.3 is 4.90 Å². The van der Waals surface area contributed by atoms with Crippen molar-refractivity contribution in [2.24, 2.45) is 0 Å². The summed E-state index contributed by atoms with van der Waals surface area (Å²) in [6.07, 6.45) is 0.250. The van der Waals surface area contributed by atoms with E-state index >= 15 is 0 Å². The van der Waals surface area contributed by atoms with Crippen LogP contribution >= 0.6 is 11.8 Å². The molecular formula is C11H15NO3S. The van der Waals surface area contributed by atoms with Crippen LogP contribution in [-0.4, -0.2) is 40.5 Å². The molecule has 88 valence electrons. The first-order valence-corrected chi connectivity index (χ1v) is 6.21. The van der Waals surface area contributed by atoms with E-state index in [2.05, 4.69) is 20.8 Å². The van der Waals surface area contributed by atoms with Gasteiger partial charge in [0.2, 0.25) is 0 Å². The number of amides is 1. The van der Waals surface area contributed by atoms with Crippen molar-refractivity contribution in [1.82, 2.24) is 4.90 Å². The van der Waals surface area contributed by atoms with Gasteiger partial charge in [-0.1, -0.05) is 0 Å². The number of rotatable bonds is 1. The van der Waals surface area contributed by atoms with Gasteiger partial charge in [0.1, 0.15) is 0 Å². The van der Waals surface area contributed by atoms with Gasteiger partial charge in [-0.2, -0.15) is 9.59 Å². The normalized spacial score (nSPS) is 23.1. The smallest absolute Gasteiger partial charge is 0.332 e. The molecule has 0 N–H and O–H groups in total. The van der Waals surface area contributed by atoms with Crippen molar-refractivity contribution in [1.29, 1.82) is 0 Å². The first kappa shape index (κ1) is 13.0. The summed E-state index contributed by atoms with van der Waals surface area (Å²) in [5, 5.41) is 0.422. The largest absolute Gasteiger partial charge is 0.373 e. The monoisotopic (exact) mass is 241 g/mol. The predicted octanol–water partition coefficient (Wildman–Crippen LogP) is 1.09. The van der Waals surface area contributed by atoms with Crippen molar-refractivity contribution >= 4 is 23.8 Å². The zero-order valence-electron chi connectivity index (χ0n) is 9.65. The first-order valence-electron chi connectivity index (χ1n) is 5.16. The van der Waals surface area contributed by atoms with Crippen LogP contribution in [0.15, 0.2) is 11.1 Å². The highest BCUT2D eigenvalue weighted by Crippen LogP contribution is 2.38. The van der Waals surface area contributed by atoms with Crippen LogP contribution in [0.25, 0.3) is 0 Å². The van der Waals surface area contributed by atoms with Crippen LogP contribution in [0, 0.1) is 0 Å². The van der Waals surface area contributed by atoms with Crippen LogP contribution in [0.2, 0.25) is 0 Å². The molecular weight excluding hydrogens is 226 g/mol. The molecule has 0 aromatic rings. The van der Waals surface area contributed by atoms with Crippen LogP contribution in [0.1, 0.15) is 20.8 Å². The van der Waals surface area contributed by atoms with E-state index in [0.29, 0.717) is 11.3 Å². The number of nitrogens with zero attached hydrogens (tertiary/aromatic N) is 1. The van der Waals surface area contributed by atoms with Crippen LogP contribution < -0.4 is 0 Å². The summed E-state index contributed by atoms with van der Waals surface area (Å²) in [5.74, 6) is 1.34. The molecule has 2 heterocycles. The molecule has 0 saturated heterocycles. The minimum Gasteiger partial charge on any atom is -0.332 e. The van der Waals surface area contributed by atoms with E-state index in [9.17, 15) is 4.79 Å². The maximum absolute atomic E-state index is 11.9. The van der Waals surface area contributed by atoms with Crippen molar-refractivity contribution in [2.75, 3.05) is 12.3 Å². The Kier molecular flexibility index (Phi) is 4.33. The molecule has 0 spiro atoms. The van der Waals surface area contributed by atoms with Crippen LogP contribution in [0.4, 0.5) is 0 Å². The molecule has 1 unspecified atom stereocenters. The van der Waals surface area contributed by atoms with E-state index in [0.717, 1.165) is 17.9 Å². The van der Waals surface area contributed by atoms with Crippen molar-refractivity contribution in [3.8, 4) is 0 Å². The van der Waals surface area contributed by atoms with E-state index in [-0.39, 0.29) is 12.1 Å². The lowest BCUT2D eigenvalue weighted by Crippen LogP contribution is -2.35. The minimum atomic E-state index is 0.250. The number of thioether (sulfide) groups is 1. The summed E-state index contributed by atoms with van der Waals surface area (Å²) in [4.78, 5) is 30.1.